The first-order valence-corrected chi connectivity index (χ1v) is 3.80. The fourth-order valence-electron chi connectivity index (χ4n) is 0.973. The van der Waals surface area contributed by atoms with Crippen molar-refractivity contribution in [3.63, 3.8) is 0 Å². The third-order valence-corrected chi connectivity index (χ3v) is 1.49. The molecule has 1 N–H and O–H groups in total. The lowest BCUT2D eigenvalue weighted by Gasteiger charge is -2.12. The van der Waals surface area contributed by atoms with Gasteiger partial charge in [-0.1, -0.05) is 0 Å². The van der Waals surface area contributed by atoms with Gasteiger partial charge in [0.25, 0.3) is 0 Å². The molecule has 13 heavy (non-hydrogen) atoms. The maximum atomic E-state index is 12.3. The highest BCUT2D eigenvalue weighted by Crippen LogP contribution is 2.33. The van der Waals surface area contributed by atoms with E-state index in [2.05, 4.69) is 10.3 Å². The van der Waals surface area contributed by atoms with Gasteiger partial charge in [0, 0.05) is 12.7 Å². The van der Waals surface area contributed by atoms with Crippen LogP contribution in [0.3, 0.4) is 0 Å². The van der Waals surface area contributed by atoms with Crippen LogP contribution in [0.25, 0.3) is 0 Å². The van der Waals surface area contributed by atoms with Gasteiger partial charge >= 0.3 is 6.18 Å². The number of halogens is 3. The van der Waals surface area contributed by atoms with E-state index in [-0.39, 0.29) is 5.69 Å². The first-order valence-electron chi connectivity index (χ1n) is 3.80. The van der Waals surface area contributed by atoms with E-state index in [9.17, 15) is 13.2 Å². The van der Waals surface area contributed by atoms with Crippen LogP contribution in [0.15, 0.2) is 18.5 Å². The molecule has 1 heterocycles. The zero-order valence-corrected chi connectivity index (χ0v) is 7.02. The molecule has 0 amide bonds. The van der Waals surface area contributed by atoms with Gasteiger partial charge in [-0.3, -0.25) is 4.98 Å². The van der Waals surface area contributed by atoms with E-state index < -0.39 is 11.7 Å². The fraction of sp³-hybridized carbons (Fsp3) is 0.375. The zero-order chi connectivity index (χ0) is 9.90. The van der Waals surface area contributed by atoms with Crippen LogP contribution >= 0.6 is 0 Å². The van der Waals surface area contributed by atoms with Crippen molar-refractivity contribution < 1.29 is 13.2 Å². The van der Waals surface area contributed by atoms with Gasteiger partial charge in [-0.15, -0.1) is 0 Å². The predicted molar refractivity (Wildman–Crippen MR) is 43.4 cm³/mol. The summed E-state index contributed by atoms with van der Waals surface area (Å²) in [6.45, 7) is 2.17. The van der Waals surface area contributed by atoms with Crippen molar-refractivity contribution in [3.8, 4) is 0 Å². The minimum Gasteiger partial charge on any atom is -0.384 e. The number of hydrogen-bond donors (Lipinski definition) is 1. The average Bonchev–Trinajstić information content (AvgIpc) is 2.04. The van der Waals surface area contributed by atoms with E-state index in [0.29, 0.717) is 6.54 Å². The van der Waals surface area contributed by atoms with Gasteiger partial charge < -0.3 is 5.32 Å². The van der Waals surface area contributed by atoms with Crippen molar-refractivity contribution in [1.82, 2.24) is 4.98 Å². The quantitative estimate of drug-likeness (QED) is 0.775. The van der Waals surface area contributed by atoms with Gasteiger partial charge in [-0.05, 0) is 13.0 Å². The summed E-state index contributed by atoms with van der Waals surface area (Å²) in [4.78, 5) is 3.61. The van der Waals surface area contributed by atoms with E-state index in [1.165, 1.54) is 6.20 Å². The van der Waals surface area contributed by atoms with Gasteiger partial charge in [0.05, 0.1) is 17.4 Å². The van der Waals surface area contributed by atoms with Crippen molar-refractivity contribution in [1.29, 1.82) is 0 Å². The summed E-state index contributed by atoms with van der Waals surface area (Å²) in [6, 6.07) is 0.956. The highest BCUT2D eigenvalue weighted by molar-refractivity contribution is 5.50. The van der Waals surface area contributed by atoms with Gasteiger partial charge in [0.15, 0.2) is 0 Å². The summed E-state index contributed by atoms with van der Waals surface area (Å²) in [7, 11) is 0. The number of aromatic nitrogens is 1. The van der Waals surface area contributed by atoms with E-state index in [0.717, 1.165) is 12.3 Å². The molecule has 0 aromatic carbocycles. The van der Waals surface area contributed by atoms with E-state index in [1.54, 1.807) is 6.92 Å². The molecule has 72 valence electrons. The molecule has 2 nitrogen and oxygen atoms in total. The average molecular weight is 190 g/mol. The summed E-state index contributed by atoms with van der Waals surface area (Å²) in [5.74, 6) is 0. The number of pyridine rings is 1. The molecule has 0 spiro atoms. The highest BCUT2D eigenvalue weighted by atomic mass is 19.4. The van der Waals surface area contributed by atoms with E-state index >= 15 is 0 Å². The molecule has 5 heteroatoms. The Labute approximate surface area is 73.8 Å². The fourth-order valence-corrected chi connectivity index (χ4v) is 0.973. The molecule has 1 aromatic rings. The Hall–Kier alpha value is -1.26. The van der Waals surface area contributed by atoms with Crippen LogP contribution in [-0.2, 0) is 6.18 Å². The number of hydrogen-bond acceptors (Lipinski definition) is 2. The number of nitrogens with zero attached hydrogens (tertiary/aromatic N) is 1. The Morgan fingerprint density at radius 3 is 2.69 bits per heavy atom. The second-order valence-electron chi connectivity index (χ2n) is 2.45. The maximum Gasteiger partial charge on any atom is 0.418 e. The van der Waals surface area contributed by atoms with Crippen molar-refractivity contribution >= 4 is 5.69 Å². The lowest BCUT2D eigenvalue weighted by atomic mass is 10.2. The molecule has 1 rings (SSSR count). The normalized spacial score (nSPS) is 11.4. The van der Waals surface area contributed by atoms with E-state index in [4.69, 9.17) is 0 Å². The van der Waals surface area contributed by atoms with Gasteiger partial charge in [0.1, 0.15) is 0 Å². The second-order valence-corrected chi connectivity index (χ2v) is 2.45. The summed E-state index contributed by atoms with van der Waals surface area (Å²) in [5, 5.41) is 2.60. The Balaban J connectivity index is 3.05. The molecule has 0 aliphatic heterocycles. The number of rotatable bonds is 2. The molecule has 0 fully saturated rings. The topological polar surface area (TPSA) is 24.9 Å². The SMILES string of the molecule is CCNc1cnccc1C(F)(F)F. The lowest BCUT2D eigenvalue weighted by Crippen LogP contribution is -2.10. The van der Waals surface area contributed by atoms with Crippen molar-refractivity contribution in [2.75, 3.05) is 11.9 Å². The van der Waals surface area contributed by atoms with Gasteiger partial charge in [-0.25, -0.2) is 0 Å². The second kappa shape index (κ2) is 3.64. The minimum absolute atomic E-state index is 0.0255. The highest BCUT2D eigenvalue weighted by Gasteiger charge is 2.33. The molecule has 0 saturated heterocycles. The maximum absolute atomic E-state index is 12.3. The number of alkyl halides is 3. The molecule has 0 atom stereocenters. The zero-order valence-electron chi connectivity index (χ0n) is 7.02. The van der Waals surface area contributed by atoms with Crippen LogP contribution in [0.5, 0.6) is 0 Å². The monoisotopic (exact) mass is 190 g/mol. The summed E-state index contributed by atoms with van der Waals surface area (Å²) >= 11 is 0. The van der Waals surface area contributed by atoms with Crippen LogP contribution in [0, 0.1) is 0 Å². The minimum atomic E-state index is -4.32. The Morgan fingerprint density at radius 2 is 2.15 bits per heavy atom. The largest absolute Gasteiger partial charge is 0.418 e. The molecule has 0 aliphatic rings. The first-order chi connectivity index (χ1) is 6.05. The Bertz CT molecular complexity index is 283. The van der Waals surface area contributed by atoms with Crippen LogP contribution in [0.4, 0.5) is 18.9 Å². The summed E-state index contributed by atoms with van der Waals surface area (Å²) in [5.41, 5.74) is -0.651. The number of anilines is 1. The summed E-state index contributed by atoms with van der Waals surface area (Å²) < 4.78 is 36.9. The predicted octanol–water partition coefficient (Wildman–Crippen LogP) is 2.53. The van der Waals surface area contributed by atoms with Crippen LogP contribution in [0.1, 0.15) is 12.5 Å². The number of nitrogens with one attached hydrogen (secondary N) is 1. The smallest absolute Gasteiger partial charge is 0.384 e. The Kier molecular flexibility index (Phi) is 2.75. The molecule has 0 radical (unpaired) electrons. The first kappa shape index (κ1) is 9.83. The van der Waals surface area contributed by atoms with Gasteiger partial charge in [-0.2, -0.15) is 13.2 Å². The molecule has 0 unspecified atom stereocenters. The molecule has 0 bridgehead atoms. The van der Waals surface area contributed by atoms with Crippen molar-refractivity contribution in [2.24, 2.45) is 0 Å². The molecule has 0 saturated carbocycles. The van der Waals surface area contributed by atoms with Crippen LogP contribution in [-0.4, -0.2) is 11.5 Å². The third-order valence-electron chi connectivity index (χ3n) is 1.49. The summed E-state index contributed by atoms with van der Waals surface area (Å²) in [6.07, 6.45) is -2.02. The molecular formula is C8H9F3N2. The third kappa shape index (κ3) is 2.34. The van der Waals surface area contributed by atoms with E-state index in [1.807, 2.05) is 0 Å². The van der Waals surface area contributed by atoms with Crippen molar-refractivity contribution in [3.05, 3.63) is 24.0 Å². The van der Waals surface area contributed by atoms with Crippen LogP contribution < -0.4 is 5.32 Å². The lowest BCUT2D eigenvalue weighted by molar-refractivity contribution is -0.137. The van der Waals surface area contributed by atoms with Gasteiger partial charge in [0.2, 0.25) is 0 Å². The molecule has 0 aliphatic carbocycles. The molecular weight excluding hydrogens is 181 g/mol. The van der Waals surface area contributed by atoms with Crippen LogP contribution in [0.2, 0.25) is 0 Å². The van der Waals surface area contributed by atoms with Crippen molar-refractivity contribution in [2.45, 2.75) is 13.1 Å². The standard InChI is InChI=1S/C8H9F3N2/c1-2-13-7-5-12-4-3-6(7)8(9,10)11/h3-5,13H,2H2,1H3. The Morgan fingerprint density at radius 1 is 1.46 bits per heavy atom. The molecule has 1 aromatic heterocycles.